The first-order valence-corrected chi connectivity index (χ1v) is 5.15. The molecule has 76 valence electrons. The molecule has 0 saturated carbocycles. The highest BCUT2D eigenvalue weighted by Gasteiger charge is 2.24. The van der Waals surface area contributed by atoms with Crippen molar-refractivity contribution in [3.63, 3.8) is 0 Å². The zero-order chi connectivity index (χ0) is 10.6. The van der Waals surface area contributed by atoms with E-state index in [1.165, 1.54) is 6.92 Å². The second-order valence-corrected chi connectivity index (χ2v) is 4.50. The molecule has 1 N–H and O–H groups in total. The number of amides is 1. The van der Waals surface area contributed by atoms with E-state index in [-0.39, 0.29) is 5.75 Å². The van der Waals surface area contributed by atoms with Crippen molar-refractivity contribution in [3.05, 3.63) is 0 Å². The highest BCUT2D eigenvalue weighted by molar-refractivity contribution is 7.89. The fourth-order valence-corrected chi connectivity index (χ4v) is 1.69. The van der Waals surface area contributed by atoms with E-state index >= 15 is 0 Å². The number of nitrogens with zero attached hydrogens (tertiary/aromatic N) is 1. The number of rotatable bonds is 4. The van der Waals surface area contributed by atoms with Gasteiger partial charge >= 0.3 is 5.97 Å². The summed E-state index contributed by atoms with van der Waals surface area (Å²) >= 11 is 0. The summed E-state index contributed by atoms with van der Waals surface area (Å²) in [6, 6.07) is 0. The number of carbonyl (C=O) groups excluding carboxylic acids is 1. The normalized spacial score (nSPS) is 10.9. The zero-order valence-electron chi connectivity index (χ0n) is 7.35. The molecular weight excluding hydrogens is 198 g/mol. The van der Waals surface area contributed by atoms with Gasteiger partial charge in [-0.15, -0.1) is 0 Å². The van der Waals surface area contributed by atoms with Gasteiger partial charge in [-0.05, 0) is 6.92 Å². The van der Waals surface area contributed by atoms with Gasteiger partial charge in [-0.1, -0.05) is 0 Å². The van der Waals surface area contributed by atoms with Gasteiger partial charge in [0.15, 0.2) is 0 Å². The molecule has 0 saturated heterocycles. The summed E-state index contributed by atoms with van der Waals surface area (Å²) in [6.07, 6.45) is 0. The fraction of sp³-hybridized carbons (Fsp3) is 0.667. The Morgan fingerprint density at radius 2 is 1.85 bits per heavy atom. The van der Waals surface area contributed by atoms with Gasteiger partial charge in [0, 0.05) is 6.92 Å². The van der Waals surface area contributed by atoms with E-state index in [1.807, 2.05) is 0 Å². The van der Waals surface area contributed by atoms with Crippen molar-refractivity contribution >= 4 is 21.9 Å². The summed E-state index contributed by atoms with van der Waals surface area (Å²) in [4.78, 5) is 21.0. The number of hydrogen-bond acceptors (Lipinski definition) is 4. The second-order valence-electron chi connectivity index (χ2n) is 2.32. The summed E-state index contributed by atoms with van der Waals surface area (Å²) in [5.41, 5.74) is 0. The van der Waals surface area contributed by atoms with E-state index in [9.17, 15) is 18.0 Å². The first kappa shape index (κ1) is 11.9. The topological polar surface area (TPSA) is 91.8 Å². The van der Waals surface area contributed by atoms with Crippen molar-refractivity contribution in [3.8, 4) is 0 Å². The third-order valence-corrected chi connectivity index (χ3v) is 3.12. The minimum absolute atomic E-state index is 0.292. The molecule has 1 amide bonds. The van der Waals surface area contributed by atoms with Gasteiger partial charge in [0.25, 0.3) is 0 Å². The molecule has 13 heavy (non-hydrogen) atoms. The van der Waals surface area contributed by atoms with Crippen LogP contribution in [-0.2, 0) is 19.6 Å². The van der Waals surface area contributed by atoms with Crippen LogP contribution in [0.4, 0.5) is 0 Å². The molecule has 0 rings (SSSR count). The van der Waals surface area contributed by atoms with Crippen LogP contribution in [0, 0.1) is 0 Å². The minimum atomic E-state index is -3.75. The molecule has 0 aliphatic carbocycles. The van der Waals surface area contributed by atoms with Gasteiger partial charge < -0.3 is 5.11 Å². The Balaban J connectivity index is 4.83. The standard InChI is InChI=1S/C6H11NO5S/c1-3-13(11,12)7(5(2)8)4-6(9)10/h3-4H2,1-2H3,(H,9,10). The molecule has 0 aliphatic heterocycles. The Labute approximate surface area is 76.2 Å². The molecule has 0 heterocycles. The first-order valence-electron chi connectivity index (χ1n) is 3.54. The van der Waals surface area contributed by atoms with Crippen LogP contribution in [0.5, 0.6) is 0 Å². The molecular formula is C6H11NO5S. The SMILES string of the molecule is CCS(=O)(=O)N(CC(=O)O)C(C)=O. The summed E-state index contributed by atoms with van der Waals surface area (Å²) < 4.78 is 22.6. The van der Waals surface area contributed by atoms with Crippen LogP contribution in [0.2, 0.25) is 0 Å². The summed E-state index contributed by atoms with van der Waals surface area (Å²) in [5, 5.41) is 8.33. The smallest absolute Gasteiger partial charge is 0.324 e. The van der Waals surface area contributed by atoms with Crippen molar-refractivity contribution in [2.75, 3.05) is 12.3 Å². The first-order chi connectivity index (χ1) is 5.81. The maximum Gasteiger partial charge on any atom is 0.324 e. The maximum absolute atomic E-state index is 11.1. The Bertz CT molecular complexity index is 307. The highest BCUT2D eigenvalue weighted by Crippen LogP contribution is 2.01. The summed E-state index contributed by atoms with van der Waals surface area (Å²) in [6.45, 7) is 1.54. The van der Waals surface area contributed by atoms with Crippen molar-refractivity contribution in [1.82, 2.24) is 4.31 Å². The molecule has 0 aliphatic rings. The molecule has 0 aromatic rings. The lowest BCUT2D eigenvalue weighted by Gasteiger charge is -2.17. The molecule has 0 fully saturated rings. The lowest BCUT2D eigenvalue weighted by molar-refractivity contribution is -0.140. The minimum Gasteiger partial charge on any atom is -0.480 e. The van der Waals surface area contributed by atoms with Crippen molar-refractivity contribution in [1.29, 1.82) is 0 Å². The van der Waals surface area contributed by atoms with Gasteiger partial charge in [-0.25, -0.2) is 12.7 Å². The molecule has 0 atom stereocenters. The van der Waals surface area contributed by atoms with Gasteiger partial charge in [-0.2, -0.15) is 0 Å². The van der Waals surface area contributed by atoms with Crippen LogP contribution >= 0.6 is 0 Å². The van der Waals surface area contributed by atoms with Crippen LogP contribution in [0.1, 0.15) is 13.8 Å². The van der Waals surface area contributed by atoms with Gasteiger partial charge in [0.2, 0.25) is 15.9 Å². The fourth-order valence-electron chi connectivity index (χ4n) is 0.684. The molecule has 0 aromatic heterocycles. The van der Waals surface area contributed by atoms with Crippen LogP contribution in [-0.4, -0.2) is 42.0 Å². The lowest BCUT2D eigenvalue weighted by atomic mass is 10.6. The number of carboxylic acids is 1. The third-order valence-electron chi connectivity index (χ3n) is 1.33. The Kier molecular flexibility index (Phi) is 3.86. The van der Waals surface area contributed by atoms with Crippen molar-refractivity contribution in [2.24, 2.45) is 0 Å². The molecule has 0 unspecified atom stereocenters. The van der Waals surface area contributed by atoms with E-state index < -0.39 is 28.4 Å². The Morgan fingerprint density at radius 3 is 2.08 bits per heavy atom. The maximum atomic E-state index is 11.1. The molecule has 0 aromatic carbocycles. The third kappa shape index (κ3) is 3.41. The van der Waals surface area contributed by atoms with Gasteiger partial charge in [-0.3, -0.25) is 9.59 Å². The second kappa shape index (κ2) is 4.22. The lowest BCUT2D eigenvalue weighted by Crippen LogP contribution is -2.39. The summed E-state index contributed by atoms with van der Waals surface area (Å²) in [7, 11) is -3.75. The Hall–Kier alpha value is -1.11. The monoisotopic (exact) mass is 209 g/mol. The van der Waals surface area contributed by atoms with Crippen molar-refractivity contribution in [2.45, 2.75) is 13.8 Å². The molecule has 7 heteroatoms. The Morgan fingerprint density at radius 1 is 1.38 bits per heavy atom. The largest absolute Gasteiger partial charge is 0.480 e. The van der Waals surface area contributed by atoms with E-state index in [2.05, 4.69) is 0 Å². The van der Waals surface area contributed by atoms with Gasteiger partial charge in [0.05, 0.1) is 5.75 Å². The highest BCUT2D eigenvalue weighted by atomic mass is 32.2. The predicted octanol–water partition coefficient (Wildman–Crippen LogP) is -0.731. The van der Waals surface area contributed by atoms with E-state index in [0.29, 0.717) is 4.31 Å². The number of carboxylic acid groups (broad SMARTS) is 1. The number of aliphatic carboxylic acids is 1. The number of carbonyl (C=O) groups is 2. The molecule has 6 nitrogen and oxygen atoms in total. The van der Waals surface area contributed by atoms with Crippen molar-refractivity contribution < 1.29 is 23.1 Å². The predicted molar refractivity (Wildman–Crippen MR) is 44.5 cm³/mol. The molecule has 0 radical (unpaired) electrons. The van der Waals surface area contributed by atoms with Crippen LogP contribution < -0.4 is 0 Å². The van der Waals surface area contributed by atoms with E-state index in [1.54, 1.807) is 0 Å². The molecule has 0 spiro atoms. The van der Waals surface area contributed by atoms with E-state index in [4.69, 9.17) is 5.11 Å². The van der Waals surface area contributed by atoms with Crippen LogP contribution in [0.3, 0.4) is 0 Å². The number of sulfonamides is 1. The van der Waals surface area contributed by atoms with E-state index in [0.717, 1.165) is 6.92 Å². The molecule has 0 bridgehead atoms. The van der Waals surface area contributed by atoms with Gasteiger partial charge in [0.1, 0.15) is 6.54 Å². The zero-order valence-corrected chi connectivity index (χ0v) is 8.17. The average molecular weight is 209 g/mol. The van der Waals surface area contributed by atoms with Crippen LogP contribution in [0.25, 0.3) is 0 Å². The summed E-state index contributed by atoms with van der Waals surface area (Å²) in [5.74, 6) is -2.43. The van der Waals surface area contributed by atoms with Crippen LogP contribution in [0.15, 0.2) is 0 Å². The quantitative estimate of drug-likeness (QED) is 0.659. The average Bonchev–Trinajstić information content (AvgIpc) is 1.99. The number of hydrogen-bond donors (Lipinski definition) is 1.